The van der Waals surface area contributed by atoms with Gasteiger partial charge in [0, 0.05) is 29.2 Å². The molecule has 154 valence electrons. The van der Waals surface area contributed by atoms with E-state index in [4.69, 9.17) is 4.74 Å². The molecule has 0 aliphatic carbocycles. The maximum absolute atomic E-state index is 12.9. The number of ether oxygens (including phenoxy) is 1. The number of carbonyl (C=O) groups excluding carboxylic acids is 1. The van der Waals surface area contributed by atoms with E-state index in [9.17, 15) is 23.3 Å². The number of nitro groups is 1. The van der Waals surface area contributed by atoms with Gasteiger partial charge in [-0.25, -0.2) is 8.42 Å². The van der Waals surface area contributed by atoms with Crippen molar-refractivity contribution in [3.8, 4) is 5.75 Å². The molecular weight excluding hydrogens is 464 g/mol. The molecule has 1 fully saturated rings. The molecule has 1 heterocycles. The summed E-state index contributed by atoms with van der Waals surface area (Å²) in [5, 5.41) is 10.7. The van der Waals surface area contributed by atoms with E-state index in [0.29, 0.717) is 12.2 Å². The number of halogens is 1. The minimum Gasteiger partial charge on any atom is -0.484 e. The van der Waals surface area contributed by atoms with Crippen LogP contribution in [0.4, 0.5) is 5.69 Å². The predicted molar refractivity (Wildman–Crippen MR) is 110 cm³/mol. The molecule has 1 aliphatic rings. The van der Waals surface area contributed by atoms with Gasteiger partial charge in [-0.1, -0.05) is 28.1 Å². The molecule has 0 N–H and O–H groups in total. The van der Waals surface area contributed by atoms with Gasteiger partial charge >= 0.3 is 0 Å². The van der Waals surface area contributed by atoms with Crippen molar-refractivity contribution in [2.45, 2.75) is 19.0 Å². The molecule has 2 aromatic carbocycles. The highest BCUT2D eigenvalue weighted by atomic mass is 79.9. The highest BCUT2D eigenvalue weighted by Crippen LogP contribution is 2.22. The molecule has 10 heteroatoms. The van der Waals surface area contributed by atoms with Crippen molar-refractivity contribution in [1.82, 2.24) is 4.90 Å². The highest BCUT2D eigenvalue weighted by molar-refractivity contribution is 9.10. The maximum atomic E-state index is 12.9. The first-order chi connectivity index (χ1) is 13.7. The van der Waals surface area contributed by atoms with Crippen LogP contribution in [-0.4, -0.2) is 48.3 Å². The van der Waals surface area contributed by atoms with Crippen LogP contribution in [0.2, 0.25) is 0 Å². The number of hydrogen-bond donors (Lipinski definition) is 0. The van der Waals surface area contributed by atoms with Crippen LogP contribution in [0.5, 0.6) is 5.75 Å². The zero-order valence-electron chi connectivity index (χ0n) is 15.4. The van der Waals surface area contributed by atoms with Crippen molar-refractivity contribution < 1.29 is 22.9 Å². The molecule has 1 saturated heterocycles. The van der Waals surface area contributed by atoms with Gasteiger partial charge in [0.15, 0.2) is 16.4 Å². The molecule has 0 spiro atoms. The Morgan fingerprint density at radius 3 is 2.55 bits per heavy atom. The van der Waals surface area contributed by atoms with E-state index < -0.39 is 20.8 Å². The number of hydrogen-bond acceptors (Lipinski definition) is 6. The van der Waals surface area contributed by atoms with Crippen molar-refractivity contribution in [3.63, 3.8) is 0 Å². The van der Waals surface area contributed by atoms with Crippen molar-refractivity contribution in [2.24, 2.45) is 0 Å². The SMILES string of the molecule is O=C(COc1ccc([N+](=O)[O-])cc1)N(Cc1cccc(Br)c1)[C@H]1CCS(=O)(=O)C1. The fourth-order valence-electron chi connectivity index (χ4n) is 3.17. The number of nitro benzene ring substituents is 1. The Hall–Kier alpha value is -2.46. The first kappa shape index (κ1) is 21.3. The molecule has 1 aliphatic heterocycles. The molecular formula is C19H19BrN2O6S. The van der Waals surface area contributed by atoms with E-state index in [1.165, 1.54) is 29.2 Å². The van der Waals surface area contributed by atoms with Gasteiger partial charge in [-0.05, 0) is 36.2 Å². The number of nitrogens with zero attached hydrogens (tertiary/aromatic N) is 2. The first-order valence-electron chi connectivity index (χ1n) is 8.85. The third-order valence-corrected chi connectivity index (χ3v) is 6.86. The standard InChI is InChI=1S/C19H19BrN2O6S/c20-15-3-1-2-14(10-15)11-21(17-8-9-29(26,27)13-17)19(23)12-28-18-6-4-16(5-7-18)22(24)25/h1-7,10,17H,8-9,11-13H2/t17-/m0/s1. The van der Waals surface area contributed by atoms with E-state index >= 15 is 0 Å². The number of benzene rings is 2. The average molecular weight is 483 g/mol. The van der Waals surface area contributed by atoms with Gasteiger partial charge in [0.25, 0.3) is 11.6 Å². The zero-order valence-corrected chi connectivity index (χ0v) is 17.8. The van der Waals surface area contributed by atoms with Gasteiger partial charge in [0.2, 0.25) is 0 Å². The molecule has 0 unspecified atom stereocenters. The molecule has 29 heavy (non-hydrogen) atoms. The number of amides is 1. The summed E-state index contributed by atoms with van der Waals surface area (Å²) in [7, 11) is -3.16. The van der Waals surface area contributed by atoms with Crippen LogP contribution in [0, 0.1) is 10.1 Å². The Morgan fingerprint density at radius 1 is 1.24 bits per heavy atom. The van der Waals surface area contributed by atoms with E-state index in [1.54, 1.807) is 0 Å². The molecule has 2 aromatic rings. The lowest BCUT2D eigenvalue weighted by Gasteiger charge is -2.28. The lowest BCUT2D eigenvalue weighted by Crippen LogP contribution is -2.43. The van der Waals surface area contributed by atoms with Crippen LogP contribution < -0.4 is 4.74 Å². The Bertz CT molecular complexity index is 1010. The van der Waals surface area contributed by atoms with E-state index in [-0.39, 0.29) is 36.3 Å². The predicted octanol–water partition coefficient (Wildman–Crippen LogP) is 2.95. The van der Waals surface area contributed by atoms with Crippen LogP contribution >= 0.6 is 15.9 Å². The van der Waals surface area contributed by atoms with Crippen LogP contribution in [-0.2, 0) is 21.2 Å². The van der Waals surface area contributed by atoms with Crippen molar-refractivity contribution >= 4 is 37.4 Å². The smallest absolute Gasteiger partial charge is 0.269 e. The van der Waals surface area contributed by atoms with E-state index in [1.807, 2.05) is 24.3 Å². The summed E-state index contributed by atoms with van der Waals surface area (Å²) in [5.41, 5.74) is 0.795. The summed E-state index contributed by atoms with van der Waals surface area (Å²) in [4.78, 5) is 24.6. The van der Waals surface area contributed by atoms with Crippen LogP contribution in [0.3, 0.4) is 0 Å². The minimum absolute atomic E-state index is 0.0587. The first-order valence-corrected chi connectivity index (χ1v) is 11.5. The monoisotopic (exact) mass is 482 g/mol. The van der Waals surface area contributed by atoms with Crippen molar-refractivity contribution in [1.29, 1.82) is 0 Å². The topological polar surface area (TPSA) is 107 Å². The van der Waals surface area contributed by atoms with Crippen LogP contribution in [0.1, 0.15) is 12.0 Å². The average Bonchev–Trinajstić information content (AvgIpc) is 3.04. The fraction of sp³-hybridized carbons (Fsp3) is 0.316. The van der Waals surface area contributed by atoms with Gasteiger partial charge < -0.3 is 9.64 Å². The lowest BCUT2D eigenvalue weighted by atomic mass is 10.1. The second kappa shape index (κ2) is 8.91. The van der Waals surface area contributed by atoms with Crippen molar-refractivity contribution in [3.05, 3.63) is 68.7 Å². The summed E-state index contributed by atoms with van der Waals surface area (Å²) in [6, 6.07) is 12.5. The highest BCUT2D eigenvalue weighted by Gasteiger charge is 2.34. The van der Waals surface area contributed by atoms with Gasteiger partial charge in [-0.15, -0.1) is 0 Å². The summed E-state index contributed by atoms with van der Waals surface area (Å²) in [6.07, 6.45) is 0.389. The Morgan fingerprint density at radius 2 is 1.97 bits per heavy atom. The minimum atomic E-state index is -3.16. The Labute approximate surface area is 176 Å². The van der Waals surface area contributed by atoms with Gasteiger partial charge in [0.1, 0.15) is 5.75 Å². The molecule has 3 rings (SSSR count). The van der Waals surface area contributed by atoms with Gasteiger partial charge in [0.05, 0.1) is 16.4 Å². The fourth-order valence-corrected chi connectivity index (χ4v) is 5.34. The van der Waals surface area contributed by atoms with Crippen molar-refractivity contribution in [2.75, 3.05) is 18.1 Å². The Kier molecular flexibility index (Phi) is 6.53. The number of rotatable bonds is 7. The number of carbonyl (C=O) groups is 1. The third-order valence-electron chi connectivity index (χ3n) is 4.62. The summed E-state index contributed by atoms with van der Waals surface area (Å²) in [6.45, 7) is -0.0234. The molecule has 0 bridgehead atoms. The molecule has 1 amide bonds. The summed E-state index contributed by atoms with van der Waals surface area (Å²) < 4.78 is 30.2. The van der Waals surface area contributed by atoms with E-state index in [2.05, 4.69) is 15.9 Å². The van der Waals surface area contributed by atoms with Gasteiger partial charge in [-0.3, -0.25) is 14.9 Å². The second-order valence-electron chi connectivity index (χ2n) is 6.75. The maximum Gasteiger partial charge on any atom is 0.269 e. The second-order valence-corrected chi connectivity index (χ2v) is 9.89. The normalized spacial score (nSPS) is 17.6. The summed E-state index contributed by atoms with van der Waals surface area (Å²) >= 11 is 3.40. The Balaban J connectivity index is 1.72. The van der Waals surface area contributed by atoms with Gasteiger partial charge in [-0.2, -0.15) is 0 Å². The molecule has 0 saturated carbocycles. The number of non-ortho nitro benzene ring substituents is 1. The lowest BCUT2D eigenvalue weighted by molar-refractivity contribution is -0.384. The quantitative estimate of drug-likeness (QED) is 0.443. The largest absolute Gasteiger partial charge is 0.484 e. The molecule has 0 radical (unpaired) electrons. The van der Waals surface area contributed by atoms with Crippen LogP contribution in [0.25, 0.3) is 0 Å². The molecule has 0 aromatic heterocycles. The third kappa shape index (κ3) is 5.77. The summed E-state index contributed by atoms with van der Waals surface area (Å²) in [5.74, 6) is -0.0243. The molecule has 1 atom stereocenters. The zero-order chi connectivity index (χ0) is 21.0. The van der Waals surface area contributed by atoms with Crippen LogP contribution in [0.15, 0.2) is 53.0 Å². The van der Waals surface area contributed by atoms with E-state index in [0.717, 1.165) is 10.0 Å². The number of sulfone groups is 1. The molecule has 8 nitrogen and oxygen atoms in total.